The molecule has 0 aliphatic rings. The molecule has 1 atom stereocenters. The van der Waals surface area contributed by atoms with E-state index in [1.807, 2.05) is 25.1 Å². The summed E-state index contributed by atoms with van der Waals surface area (Å²) in [4.78, 5) is 0. The van der Waals surface area contributed by atoms with Gasteiger partial charge in [-0.25, -0.2) is 0 Å². The number of hydrogen-bond acceptors (Lipinski definition) is 3. The van der Waals surface area contributed by atoms with Crippen molar-refractivity contribution < 1.29 is 9.47 Å². The molecule has 0 spiro atoms. The molecule has 1 aromatic carbocycles. The molecule has 0 radical (unpaired) electrons. The predicted octanol–water partition coefficient (Wildman–Crippen LogP) is 2.53. The molecule has 0 bridgehead atoms. The van der Waals surface area contributed by atoms with Crippen LogP contribution in [0.25, 0.3) is 0 Å². The lowest BCUT2D eigenvalue weighted by Gasteiger charge is -2.32. The average molecular weight is 223 g/mol. The van der Waals surface area contributed by atoms with Crippen LogP contribution in [0.3, 0.4) is 0 Å². The smallest absolute Gasteiger partial charge is 0.127 e. The molecule has 1 aromatic rings. The first-order valence-electron chi connectivity index (χ1n) is 5.45. The van der Waals surface area contributed by atoms with Crippen molar-refractivity contribution in [1.29, 1.82) is 0 Å². The number of hydrogen-bond donors (Lipinski definition) is 1. The summed E-state index contributed by atoms with van der Waals surface area (Å²) in [7, 11) is 3.30. The molecule has 90 valence electrons. The molecular formula is C13H21NO2. The van der Waals surface area contributed by atoms with E-state index in [1.165, 1.54) is 0 Å². The normalized spacial score (nSPS) is 14.7. The van der Waals surface area contributed by atoms with Crippen LogP contribution in [0.15, 0.2) is 18.2 Å². The van der Waals surface area contributed by atoms with Crippen molar-refractivity contribution in [3.63, 3.8) is 0 Å². The Bertz CT molecular complexity index is 337. The molecule has 0 heterocycles. The summed E-state index contributed by atoms with van der Waals surface area (Å²) >= 11 is 0. The lowest BCUT2D eigenvalue weighted by Crippen LogP contribution is -2.39. The van der Waals surface area contributed by atoms with Gasteiger partial charge in [0.05, 0.1) is 19.8 Å². The molecule has 16 heavy (non-hydrogen) atoms. The molecule has 0 aliphatic carbocycles. The van der Waals surface area contributed by atoms with Crippen LogP contribution in [0.1, 0.15) is 26.3 Å². The van der Waals surface area contributed by atoms with Crippen LogP contribution in [-0.2, 0) is 5.54 Å². The van der Waals surface area contributed by atoms with Gasteiger partial charge in [0, 0.05) is 5.54 Å². The number of methoxy groups -OCH3 is 2. The highest BCUT2D eigenvalue weighted by Gasteiger charge is 2.31. The summed E-state index contributed by atoms with van der Waals surface area (Å²) in [5.41, 5.74) is 6.83. The molecule has 1 unspecified atom stereocenters. The Labute approximate surface area is 97.6 Å². The zero-order chi connectivity index (χ0) is 12.3. The molecule has 0 aliphatic heterocycles. The van der Waals surface area contributed by atoms with Crippen LogP contribution < -0.4 is 15.2 Å². The van der Waals surface area contributed by atoms with Gasteiger partial charge in [-0.2, -0.15) is 0 Å². The number of benzene rings is 1. The Hall–Kier alpha value is -1.22. The summed E-state index contributed by atoms with van der Waals surface area (Å²) in [6.07, 6.45) is 0. The second-order valence-corrected chi connectivity index (χ2v) is 4.47. The van der Waals surface area contributed by atoms with Crippen LogP contribution in [0.5, 0.6) is 11.5 Å². The quantitative estimate of drug-likeness (QED) is 0.853. The maximum absolute atomic E-state index is 6.37. The fourth-order valence-corrected chi connectivity index (χ4v) is 1.67. The van der Waals surface area contributed by atoms with Crippen molar-refractivity contribution in [2.75, 3.05) is 14.2 Å². The third-order valence-corrected chi connectivity index (χ3v) is 3.17. The minimum atomic E-state index is -0.474. The van der Waals surface area contributed by atoms with Gasteiger partial charge in [-0.15, -0.1) is 0 Å². The molecule has 2 N–H and O–H groups in total. The predicted molar refractivity (Wildman–Crippen MR) is 65.9 cm³/mol. The maximum Gasteiger partial charge on any atom is 0.127 e. The van der Waals surface area contributed by atoms with Crippen LogP contribution in [-0.4, -0.2) is 14.2 Å². The second kappa shape index (κ2) is 4.74. The van der Waals surface area contributed by atoms with E-state index >= 15 is 0 Å². The zero-order valence-electron chi connectivity index (χ0n) is 10.7. The zero-order valence-corrected chi connectivity index (χ0v) is 10.7. The van der Waals surface area contributed by atoms with Crippen molar-refractivity contribution in [2.45, 2.75) is 26.3 Å². The van der Waals surface area contributed by atoms with E-state index in [1.54, 1.807) is 14.2 Å². The Morgan fingerprint density at radius 3 is 1.88 bits per heavy atom. The molecule has 0 saturated carbocycles. The van der Waals surface area contributed by atoms with Gasteiger partial charge in [-0.1, -0.05) is 19.9 Å². The van der Waals surface area contributed by atoms with Gasteiger partial charge in [0.15, 0.2) is 0 Å². The molecule has 0 saturated heterocycles. The highest BCUT2D eigenvalue weighted by Crippen LogP contribution is 2.39. The Morgan fingerprint density at radius 2 is 1.56 bits per heavy atom. The average Bonchev–Trinajstić information content (AvgIpc) is 2.27. The van der Waals surface area contributed by atoms with Crippen LogP contribution in [0, 0.1) is 5.92 Å². The van der Waals surface area contributed by atoms with Crippen LogP contribution >= 0.6 is 0 Å². The molecule has 3 nitrogen and oxygen atoms in total. The van der Waals surface area contributed by atoms with E-state index in [0.717, 1.165) is 17.1 Å². The fraction of sp³-hybridized carbons (Fsp3) is 0.538. The van der Waals surface area contributed by atoms with E-state index in [2.05, 4.69) is 13.8 Å². The minimum Gasteiger partial charge on any atom is -0.496 e. The summed E-state index contributed by atoms with van der Waals surface area (Å²) in [5, 5.41) is 0. The van der Waals surface area contributed by atoms with Gasteiger partial charge in [-0.05, 0) is 25.0 Å². The molecule has 1 rings (SSSR count). The minimum absolute atomic E-state index is 0.290. The Kier molecular flexibility index (Phi) is 3.81. The van der Waals surface area contributed by atoms with Gasteiger partial charge in [0.25, 0.3) is 0 Å². The highest BCUT2D eigenvalue weighted by molar-refractivity contribution is 5.49. The van der Waals surface area contributed by atoms with Crippen LogP contribution in [0.2, 0.25) is 0 Å². The standard InChI is InChI=1S/C13H21NO2/c1-9(2)13(3,14)12-10(15-4)7-6-8-11(12)16-5/h6-9H,14H2,1-5H3. The largest absolute Gasteiger partial charge is 0.496 e. The van der Waals surface area contributed by atoms with Gasteiger partial charge in [-0.3, -0.25) is 0 Å². The van der Waals surface area contributed by atoms with Crippen molar-refractivity contribution in [3.8, 4) is 11.5 Å². The Balaban J connectivity index is 3.39. The summed E-state index contributed by atoms with van der Waals surface area (Å²) in [6.45, 7) is 6.18. The molecule has 0 fully saturated rings. The Morgan fingerprint density at radius 1 is 1.12 bits per heavy atom. The van der Waals surface area contributed by atoms with Gasteiger partial charge >= 0.3 is 0 Å². The molecule has 0 aromatic heterocycles. The summed E-state index contributed by atoms with van der Waals surface area (Å²) in [6, 6.07) is 5.72. The van der Waals surface area contributed by atoms with Crippen molar-refractivity contribution in [1.82, 2.24) is 0 Å². The van der Waals surface area contributed by atoms with E-state index in [9.17, 15) is 0 Å². The fourth-order valence-electron chi connectivity index (χ4n) is 1.67. The second-order valence-electron chi connectivity index (χ2n) is 4.47. The monoisotopic (exact) mass is 223 g/mol. The lowest BCUT2D eigenvalue weighted by molar-refractivity contribution is 0.305. The number of nitrogens with two attached hydrogens (primary N) is 1. The maximum atomic E-state index is 6.37. The lowest BCUT2D eigenvalue weighted by atomic mass is 9.81. The SMILES string of the molecule is COc1cccc(OC)c1C(C)(N)C(C)C. The van der Waals surface area contributed by atoms with E-state index in [4.69, 9.17) is 15.2 Å². The first-order valence-corrected chi connectivity index (χ1v) is 5.45. The third kappa shape index (κ3) is 2.14. The molecule has 0 amide bonds. The topological polar surface area (TPSA) is 44.5 Å². The first kappa shape index (κ1) is 12.8. The van der Waals surface area contributed by atoms with Gasteiger partial charge in [0.2, 0.25) is 0 Å². The van der Waals surface area contributed by atoms with Gasteiger partial charge in [0.1, 0.15) is 11.5 Å². The van der Waals surface area contributed by atoms with Crippen molar-refractivity contribution >= 4 is 0 Å². The molecule has 3 heteroatoms. The first-order chi connectivity index (χ1) is 7.45. The van der Waals surface area contributed by atoms with Gasteiger partial charge < -0.3 is 15.2 Å². The van der Waals surface area contributed by atoms with E-state index < -0.39 is 5.54 Å². The number of rotatable bonds is 4. The van der Waals surface area contributed by atoms with Crippen molar-refractivity contribution in [2.24, 2.45) is 11.7 Å². The highest BCUT2D eigenvalue weighted by atomic mass is 16.5. The van der Waals surface area contributed by atoms with Crippen molar-refractivity contribution in [3.05, 3.63) is 23.8 Å². The number of ether oxygens (including phenoxy) is 2. The van der Waals surface area contributed by atoms with E-state index in [0.29, 0.717) is 0 Å². The van der Waals surface area contributed by atoms with E-state index in [-0.39, 0.29) is 5.92 Å². The summed E-state index contributed by atoms with van der Waals surface area (Å²) in [5.74, 6) is 1.84. The summed E-state index contributed by atoms with van der Waals surface area (Å²) < 4.78 is 10.7. The van der Waals surface area contributed by atoms with Crippen LogP contribution in [0.4, 0.5) is 0 Å². The molecular weight excluding hydrogens is 202 g/mol. The third-order valence-electron chi connectivity index (χ3n) is 3.17.